The van der Waals surface area contributed by atoms with E-state index in [0.717, 1.165) is 21.8 Å². The second-order valence-electron chi connectivity index (χ2n) is 9.41. The van der Waals surface area contributed by atoms with Crippen LogP contribution in [-0.4, -0.2) is 47.3 Å². The number of carboxylic acids is 1. The molecule has 6 rings (SSSR count). The molecule has 2 aromatic carbocycles. The second kappa shape index (κ2) is 10.6. The molecule has 2 aliphatic carbocycles. The van der Waals surface area contributed by atoms with Gasteiger partial charge in [-0.15, -0.1) is 0 Å². The van der Waals surface area contributed by atoms with Gasteiger partial charge in [-0.1, -0.05) is 23.2 Å². The Balaban J connectivity index is 0.000000152. The van der Waals surface area contributed by atoms with E-state index in [1.165, 1.54) is 32.8 Å². The molecule has 37 heavy (non-hydrogen) atoms. The van der Waals surface area contributed by atoms with Crippen molar-refractivity contribution < 1.29 is 28.9 Å². The first-order chi connectivity index (χ1) is 17.8. The van der Waals surface area contributed by atoms with Gasteiger partial charge in [0, 0.05) is 33.9 Å². The number of ether oxygens (including phenoxy) is 3. The summed E-state index contributed by atoms with van der Waals surface area (Å²) in [6, 6.07) is 10.4. The minimum atomic E-state index is -0.984. The summed E-state index contributed by atoms with van der Waals surface area (Å²) in [6.45, 7) is 1.38. The number of halogens is 2. The summed E-state index contributed by atoms with van der Waals surface area (Å²) in [6.07, 6.45) is 4.89. The van der Waals surface area contributed by atoms with E-state index in [1.54, 1.807) is 30.3 Å². The molecule has 2 aliphatic rings. The number of aromatic amines is 2. The third-order valence-electron chi connectivity index (χ3n) is 6.33. The Labute approximate surface area is 222 Å². The van der Waals surface area contributed by atoms with Crippen molar-refractivity contribution >= 4 is 56.9 Å². The number of methoxy groups -OCH3 is 1. The van der Waals surface area contributed by atoms with Gasteiger partial charge in [0.25, 0.3) is 0 Å². The highest BCUT2D eigenvalue weighted by molar-refractivity contribution is 6.33. The average molecular weight is 545 g/mol. The number of carbonyl (C=O) groups excluding carboxylic acids is 1. The van der Waals surface area contributed by atoms with Crippen molar-refractivity contribution in [3.05, 3.63) is 57.8 Å². The van der Waals surface area contributed by atoms with Crippen LogP contribution in [0.4, 0.5) is 0 Å². The Bertz CT molecular complexity index is 1470. The molecule has 0 spiro atoms. The number of carboxylic acid groups (broad SMARTS) is 1. The minimum Gasteiger partial charge on any atom is -0.492 e. The molecule has 10 heteroatoms. The standard InChI is InChI=1S/C14H14ClNO3.C13H12ClNO3/c1-18-14(17)12-5-9-4-10(15)13(6-11(9)16-12)19-7-8-2-3-8;14-9-3-8-4-11(13(16)17)15-10(8)5-12(9)18-6-7-1-2-7/h4-6,8,16H,2-3,7H2,1H3;3-5,7,15H,1-2,6H2,(H,16,17). The summed E-state index contributed by atoms with van der Waals surface area (Å²) < 4.78 is 16.0. The average Bonchev–Trinajstić information content (AvgIpc) is 3.80. The highest BCUT2D eigenvalue weighted by Crippen LogP contribution is 2.35. The van der Waals surface area contributed by atoms with E-state index in [4.69, 9.17) is 37.8 Å². The molecule has 2 aromatic heterocycles. The van der Waals surface area contributed by atoms with E-state index in [0.29, 0.717) is 52.3 Å². The molecule has 2 saturated carbocycles. The largest absolute Gasteiger partial charge is 0.492 e. The Morgan fingerprint density at radius 1 is 0.811 bits per heavy atom. The molecule has 0 radical (unpaired) electrons. The first kappa shape index (κ1) is 25.3. The van der Waals surface area contributed by atoms with Crippen LogP contribution in [0.2, 0.25) is 10.0 Å². The fourth-order valence-electron chi connectivity index (χ4n) is 3.81. The van der Waals surface area contributed by atoms with Gasteiger partial charge < -0.3 is 29.3 Å². The number of aromatic nitrogens is 2. The molecule has 0 aliphatic heterocycles. The van der Waals surface area contributed by atoms with Crippen LogP contribution in [0.15, 0.2) is 36.4 Å². The molecule has 3 N–H and O–H groups in total. The van der Waals surface area contributed by atoms with Gasteiger partial charge >= 0.3 is 11.9 Å². The summed E-state index contributed by atoms with van der Waals surface area (Å²) in [5, 5.41) is 11.6. The lowest BCUT2D eigenvalue weighted by Crippen LogP contribution is -2.00. The van der Waals surface area contributed by atoms with Gasteiger partial charge in [-0.2, -0.15) is 0 Å². The van der Waals surface area contributed by atoms with Crippen LogP contribution in [0.3, 0.4) is 0 Å². The van der Waals surface area contributed by atoms with Crippen molar-refractivity contribution in [3.63, 3.8) is 0 Å². The van der Waals surface area contributed by atoms with Gasteiger partial charge in [0.2, 0.25) is 0 Å². The Morgan fingerprint density at radius 2 is 1.27 bits per heavy atom. The maximum atomic E-state index is 11.5. The molecule has 0 atom stereocenters. The van der Waals surface area contributed by atoms with Gasteiger partial charge in [0.05, 0.1) is 30.4 Å². The van der Waals surface area contributed by atoms with Crippen molar-refractivity contribution in [2.45, 2.75) is 25.7 Å². The van der Waals surface area contributed by atoms with Crippen LogP contribution in [0.1, 0.15) is 46.7 Å². The highest BCUT2D eigenvalue weighted by atomic mass is 35.5. The van der Waals surface area contributed by atoms with E-state index in [-0.39, 0.29) is 5.69 Å². The molecule has 2 heterocycles. The van der Waals surface area contributed by atoms with Crippen LogP contribution >= 0.6 is 23.2 Å². The molecule has 194 valence electrons. The number of rotatable bonds is 8. The zero-order valence-electron chi connectivity index (χ0n) is 20.1. The highest BCUT2D eigenvalue weighted by Gasteiger charge is 2.23. The fraction of sp³-hybridized carbons (Fsp3) is 0.333. The predicted molar refractivity (Wildman–Crippen MR) is 141 cm³/mol. The molecule has 2 fully saturated rings. The Kier molecular flexibility index (Phi) is 7.22. The quantitative estimate of drug-likeness (QED) is 0.212. The van der Waals surface area contributed by atoms with Crippen molar-refractivity contribution in [2.75, 3.05) is 20.3 Å². The number of benzene rings is 2. The van der Waals surface area contributed by atoms with Crippen LogP contribution in [0.25, 0.3) is 21.8 Å². The van der Waals surface area contributed by atoms with Crippen LogP contribution in [-0.2, 0) is 4.74 Å². The molecule has 0 amide bonds. The summed E-state index contributed by atoms with van der Waals surface area (Å²) in [5.74, 6) is 1.20. The number of aromatic carboxylic acids is 1. The Hall–Kier alpha value is -3.36. The van der Waals surface area contributed by atoms with E-state index < -0.39 is 11.9 Å². The molecular formula is C27H26Cl2N2O6. The number of hydrogen-bond acceptors (Lipinski definition) is 5. The number of esters is 1. The predicted octanol–water partition coefficient (Wildman–Crippen LogP) is 6.71. The van der Waals surface area contributed by atoms with Gasteiger partial charge in [0.1, 0.15) is 22.9 Å². The first-order valence-corrected chi connectivity index (χ1v) is 12.8. The second-order valence-corrected chi connectivity index (χ2v) is 10.2. The van der Waals surface area contributed by atoms with E-state index in [1.807, 2.05) is 6.07 Å². The number of nitrogens with one attached hydrogen (secondary N) is 2. The summed E-state index contributed by atoms with van der Waals surface area (Å²) in [5.41, 5.74) is 2.10. The van der Waals surface area contributed by atoms with Crippen molar-refractivity contribution in [3.8, 4) is 11.5 Å². The van der Waals surface area contributed by atoms with E-state index >= 15 is 0 Å². The lowest BCUT2D eigenvalue weighted by atomic mass is 10.2. The number of fused-ring (bicyclic) bond motifs is 2. The summed E-state index contributed by atoms with van der Waals surface area (Å²) in [4.78, 5) is 28.2. The zero-order chi connectivity index (χ0) is 26.1. The van der Waals surface area contributed by atoms with E-state index in [9.17, 15) is 9.59 Å². The summed E-state index contributed by atoms with van der Waals surface area (Å²) >= 11 is 12.3. The van der Waals surface area contributed by atoms with Crippen LogP contribution < -0.4 is 9.47 Å². The third-order valence-corrected chi connectivity index (χ3v) is 6.92. The van der Waals surface area contributed by atoms with E-state index in [2.05, 4.69) is 14.7 Å². The van der Waals surface area contributed by atoms with Gasteiger partial charge in [-0.05, 0) is 61.8 Å². The molecule has 8 nitrogen and oxygen atoms in total. The Morgan fingerprint density at radius 3 is 1.70 bits per heavy atom. The van der Waals surface area contributed by atoms with Crippen molar-refractivity contribution in [1.29, 1.82) is 0 Å². The normalized spacial score (nSPS) is 14.8. The molecule has 0 saturated heterocycles. The van der Waals surface area contributed by atoms with Crippen LogP contribution in [0.5, 0.6) is 11.5 Å². The minimum absolute atomic E-state index is 0.153. The number of H-pyrrole nitrogens is 2. The molecule has 0 bridgehead atoms. The molecule has 0 unspecified atom stereocenters. The maximum absolute atomic E-state index is 11.5. The summed E-state index contributed by atoms with van der Waals surface area (Å²) in [7, 11) is 1.35. The third kappa shape index (κ3) is 6.14. The number of carbonyl (C=O) groups is 2. The first-order valence-electron chi connectivity index (χ1n) is 12.0. The fourth-order valence-corrected chi connectivity index (χ4v) is 4.26. The lowest BCUT2D eigenvalue weighted by Gasteiger charge is -2.07. The topological polar surface area (TPSA) is 114 Å². The van der Waals surface area contributed by atoms with Gasteiger partial charge in [-0.3, -0.25) is 0 Å². The van der Waals surface area contributed by atoms with Gasteiger partial charge in [-0.25, -0.2) is 9.59 Å². The molecule has 4 aromatic rings. The maximum Gasteiger partial charge on any atom is 0.354 e. The monoisotopic (exact) mass is 544 g/mol. The van der Waals surface area contributed by atoms with Gasteiger partial charge in [0.15, 0.2) is 0 Å². The lowest BCUT2D eigenvalue weighted by molar-refractivity contribution is 0.0594. The van der Waals surface area contributed by atoms with Crippen LogP contribution in [0, 0.1) is 11.8 Å². The SMILES string of the molecule is COC(=O)c1cc2cc(Cl)c(OCC3CC3)cc2[nH]1.O=C(O)c1cc2cc(Cl)c(OCC3CC3)cc2[nH]1. The number of hydrogen-bond donors (Lipinski definition) is 3. The molecular weight excluding hydrogens is 519 g/mol. The zero-order valence-corrected chi connectivity index (χ0v) is 21.6. The van der Waals surface area contributed by atoms with Crippen molar-refractivity contribution in [1.82, 2.24) is 9.97 Å². The smallest absolute Gasteiger partial charge is 0.354 e. The van der Waals surface area contributed by atoms with Crippen molar-refractivity contribution in [2.24, 2.45) is 11.8 Å².